The maximum absolute atomic E-state index is 6.21. The van der Waals surface area contributed by atoms with Crippen molar-refractivity contribution < 1.29 is 14.2 Å². The van der Waals surface area contributed by atoms with Gasteiger partial charge in [0.05, 0.1) is 19.2 Å². The highest BCUT2D eigenvalue weighted by Gasteiger charge is 2.11. The summed E-state index contributed by atoms with van der Waals surface area (Å²) in [5, 5.41) is 3.94. The van der Waals surface area contributed by atoms with Crippen LogP contribution in [0, 0.1) is 6.92 Å². The second kappa shape index (κ2) is 9.38. The minimum atomic E-state index is 0.474. The molecule has 3 aromatic carbocycles. The lowest BCUT2D eigenvalue weighted by molar-refractivity contribution is 0.281. The van der Waals surface area contributed by atoms with E-state index in [0.29, 0.717) is 29.7 Å². The van der Waals surface area contributed by atoms with Crippen molar-refractivity contribution in [2.24, 2.45) is 0 Å². The second-order valence-electron chi connectivity index (χ2n) is 6.43. The first-order valence-corrected chi connectivity index (χ1v) is 9.40. The highest BCUT2D eigenvalue weighted by molar-refractivity contribution is 6.32. The fourth-order valence-electron chi connectivity index (χ4n) is 2.84. The molecular formula is C23H24ClNO3. The molecule has 0 spiro atoms. The van der Waals surface area contributed by atoms with Gasteiger partial charge in [0.15, 0.2) is 11.5 Å². The number of halogens is 1. The van der Waals surface area contributed by atoms with E-state index < -0.39 is 0 Å². The molecule has 3 rings (SSSR count). The molecule has 0 aliphatic heterocycles. The van der Waals surface area contributed by atoms with Crippen molar-refractivity contribution in [1.29, 1.82) is 0 Å². The van der Waals surface area contributed by atoms with Crippen molar-refractivity contribution in [2.45, 2.75) is 20.1 Å². The highest BCUT2D eigenvalue weighted by Crippen LogP contribution is 2.33. The van der Waals surface area contributed by atoms with Crippen LogP contribution in [0.1, 0.15) is 16.7 Å². The van der Waals surface area contributed by atoms with Crippen LogP contribution in [-0.4, -0.2) is 14.2 Å². The Morgan fingerprint density at radius 2 is 1.64 bits per heavy atom. The van der Waals surface area contributed by atoms with E-state index in [1.165, 1.54) is 5.56 Å². The number of ether oxygens (including phenoxy) is 3. The minimum absolute atomic E-state index is 0.474. The van der Waals surface area contributed by atoms with Gasteiger partial charge in [-0.1, -0.05) is 53.6 Å². The predicted octanol–water partition coefficient (Wildman–Crippen LogP) is 5.86. The van der Waals surface area contributed by atoms with E-state index in [2.05, 4.69) is 36.5 Å². The normalized spacial score (nSPS) is 10.4. The Kier molecular flexibility index (Phi) is 6.66. The van der Waals surface area contributed by atoms with Gasteiger partial charge < -0.3 is 19.5 Å². The van der Waals surface area contributed by atoms with Gasteiger partial charge in [0, 0.05) is 17.8 Å². The van der Waals surface area contributed by atoms with Gasteiger partial charge in [-0.3, -0.25) is 0 Å². The highest BCUT2D eigenvalue weighted by atomic mass is 35.5. The number of para-hydroxylation sites is 1. The molecule has 3 aromatic rings. The van der Waals surface area contributed by atoms with Crippen LogP contribution in [0.5, 0.6) is 17.2 Å². The number of hydrogen-bond acceptors (Lipinski definition) is 4. The lowest BCUT2D eigenvalue weighted by atomic mass is 10.1. The molecule has 0 radical (unpaired) electrons. The third-order valence-electron chi connectivity index (χ3n) is 4.42. The van der Waals surface area contributed by atoms with E-state index >= 15 is 0 Å². The third-order valence-corrected chi connectivity index (χ3v) is 4.71. The molecular weight excluding hydrogens is 374 g/mol. The van der Waals surface area contributed by atoms with E-state index in [9.17, 15) is 0 Å². The predicted molar refractivity (Wildman–Crippen MR) is 114 cm³/mol. The number of methoxy groups -OCH3 is 2. The van der Waals surface area contributed by atoms with Crippen molar-refractivity contribution in [3.05, 3.63) is 82.4 Å². The molecule has 0 heterocycles. The Balaban J connectivity index is 1.75. The van der Waals surface area contributed by atoms with E-state index in [1.54, 1.807) is 14.2 Å². The Morgan fingerprint density at radius 3 is 2.32 bits per heavy atom. The van der Waals surface area contributed by atoms with Gasteiger partial charge in [-0.25, -0.2) is 0 Å². The molecule has 146 valence electrons. The van der Waals surface area contributed by atoms with Crippen LogP contribution in [0.15, 0.2) is 60.7 Å². The van der Waals surface area contributed by atoms with Crippen LogP contribution in [-0.2, 0) is 13.2 Å². The molecule has 0 unspecified atom stereocenters. The molecule has 0 fully saturated rings. The number of rotatable bonds is 8. The Labute approximate surface area is 171 Å². The Hall–Kier alpha value is -2.85. The van der Waals surface area contributed by atoms with Gasteiger partial charge >= 0.3 is 0 Å². The summed E-state index contributed by atoms with van der Waals surface area (Å²) >= 11 is 6.21. The topological polar surface area (TPSA) is 39.7 Å². The van der Waals surface area contributed by atoms with Crippen LogP contribution < -0.4 is 19.5 Å². The first-order chi connectivity index (χ1) is 13.6. The minimum Gasteiger partial charge on any atom is -0.495 e. The smallest absolute Gasteiger partial charge is 0.166 e. The van der Waals surface area contributed by atoms with Crippen LogP contribution in [0.25, 0.3) is 0 Å². The summed E-state index contributed by atoms with van der Waals surface area (Å²) < 4.78 is 16.8. The first-order valence-electron chi connectivity index (χ1n) is 9.02. The largest absolute Gasteiger partial charge is 0.495 e. The number of benzene rings is 3. The van der Waals surface area contributed by atoms with Gasteiger partial charge in [0.2, 0.25) is 0 Å². The third kappa shape index (κ3) is 4.90. The van der Waals surface area contributed by atoms with Crippen molar-refractivity contribution in [3.63, 3.8) is 0 Å². The zero-order valence-corrected chi connectivity index (χ0v) is 17.0. The summed E-state index contributed by atoms with van der Waals surface area (Å²) in [6.07, 6.45) is 0. The molecule has 0 amide bonds. The molecule has 0 aliphatic rings. The van der Waals surface area contributed by atoms with Gasteiger partial charge in [-0.15, -0.1) is 0 Å². The number of aryl methyl sites for hydroxylation is 1. The molecule has 0 atom stereocenters. The van der Waals surface area contributed by atoms with Crippen LogP contribution in [0.3, 0.4) is 0 Å². The SMILES string of the molecule is COc1ccc(NCc2cccc(OC)c2OCc2ccc(C)cc2)cc1Cl. The van der Waals surface area contributed by atoms with Crippen molar-refractivity contribution in [1.82, 2.24) is 0 Å². The zero-order chi connectivity index (χ0) is 19.9. The summed E-state index contributed by atoms with van der Waals surface area (Å²) in [4.78, 5) is 0. The first kappa shape index (κ1) is 19.9. The molecule has 0 bridgehead atoms. The molecule has 4 nitrogen and oxygen atoms in total. The van der Waals surface area contributed by atoms with E-state index in [1.807, 2.05) is 36.4 Å². The number of nitrogens with one attached hydrogen (secondary N) is 1. The van der Waals surface area contributed by atoms with Gasteiger partial charge in [0.1, 0.15) is 12.4 Å². The molecule has 1 N–H and O–H groups in total. The summed E-state index contributed by atoms with van der Waals surface area (Å²) in [5.41, 5.74) is 4.23. The fraction of sp³-hybridized carbons (Fsp3) is 0.217. The zero-order valence-electron chi connectivity index (χ0n) is 16.3. The summed E-state index contributed by atoms with van der Waals surface area (Å²) in [7, 11) is 3.25. The molecule has 0 aliphatic carbocycles. The van der Waals surface area contributed by atoms with Gasteiger partial charge in [-0.2, -0.15) is 0 Å². The molecule has 28 heavy (non-hydrogen) atoms. The summed E-state index contributed by atoms with van der Waals surface area (Å²) in [5.74, 6) is 2.09. The summed E-state index contributed by atoms with van der Waals surface area (Å²) in [6.45, 7) is 3.12. The van der Waals surface area contributed by atoms with Crippen LogP contribution in [0.4, 0.5) is 5.69 Å². The molecule has 0 saturated carbocycles. The standard InChI is InChI=1S/C23H24ClNO3/c1-16-7-9-17(10-8-16)15-28-23-18(5-4-6-22(23)27-3)14-25-19-11-12-21(26-2)20(24)13-19/h4-13,25H,14-15H2,1-3H3. The monoisotopic (exact) mass is 397 g/mol. The van der Waals surface area contributed by atoms with Crippen molar-refractivity contribution in [2.75, 3.05) is 19.5 Å². The Morgan fingerprint density at radius 1 is 0.893 bits per heavy atom. The average Bonchev–Trinajstić information content (AvgIpc) is 2.72. The van der Waals surface area contributed by atoms with Crippen molar-refractivity contribution in [3.8, 4) is 17.2 Å². The van der Waals surface area contributed by atoms with Crippen LogP contribution >= 0.6 is 11.6 Å². The van der Waals surface area contributed by atoms with E-state index in [-0.39, 0.29) is 0 Å². The molecule has 5 heteroatoms. The lowest BCUT2D eigenvalue weighted by Crippen LogP contribution is -2.05. The number of hydrogen-bond donors (Lipinski definition) is 1. The van der Waals surface area contributed by atoms with Crippen LogP contribution in [0.2, 0.25) is 5.02 Å². The lowest BCUT2D eigenvalue weighted by Gasteiger charge is -2.16. The summed E-state index contributed by atoms with van der Waals surface area (Å²) in [6, 6.07) is 19.8. The molecule has 0 saturated heterocycles. The van der Waals surface area contributed by atoms with Gasteiger partial charge in [-0.05, 0) is 36.8 Å². The number of anilines is 1. The van der Waals surface area contributed by atoms with Gasteiger partial charge in [0.25, 0.3) is 0 Å². The average molecular weight is 398 g/mol. The Bertz CT molecular complexity index is 926. The van der Waals surface area contributed by atoms with E-state index in [0.717, 1.165) is 22.6 Å². The fourth-order valence-corrected chi connectivity index (χ4v) is 3.10. The maximum atomic E-state index is 6.21. The van der Waals surface area contributed by atoms with Crippen molar-refractivity contribution >= 4 is 17.3 Å². The second-order valence-corrected chi connectivity index (χ2v) is 6.83. The maximum Gasteiger partial charge on any atom is 0.166 e. The van der Waals surface area contributed by atoms with E-state index in [4.69, 9.17) is 25.8 Å². The molecule has 0 aromatic heterocycles. The quantitative estimate of drug-likeness (QED) is 0.517.